The third-order valence-corrected chi connectivity index (χ3v) is 4.75. The Hall–Kier alpha value is -1.93. The Labute approximate surface area is 116 Å². The molecule has 2 heteroatoms. The molecule has 1 nitrogen and oxygen atoms in total. The molecule has 0 N–H and O–H groups in total. The summed E-state index contributed by atoms with van der Waals surface area (Å²) in [6.07, 6.45) is 0. The standard InChI is InChI=1S/C17H13NS/c1-18-14-8-4-5-9-16(14)19-17-11-13-7-3-2-6-12(13)10-15(17)18/h2-11H,1H3. The number of anilines is 2. The fourth-order valence-corrected chi connectivity index (χ4v) is 3.80. The van der Waals surface area contributed by atoms with Crippen LogP contribution in [0.2, 0.25) is 0 Å². The maximum atomic E-state index is 2.29. The molecule has 0 saturated heterocycles. The lowest BCUT2D eigenvalue weighted by atomic mass is 10.1. The highest BCUT2D eigenvalue weighted by Gasteiger charge is 2.20. The van der Waals surface area contributed by atoms with Crippen LogP contribution in [0.1, 0.15) is 0 Å². The summed E-state index contributed by atoms with van der Waals surface area (Å²) < 4.78 is 0. The first-order valence-corrected chi connectivity index (χ1v) is 7.18. The molecule has 0 radical (unpaired) electrons. The van der Waals surface area contributed by atoms with Crippen LogP contribution in [-0.2, 0) is 0 Å². The molecule has 0 aliphatic carbocycles. The van der Waals surface area contributed by atoms with E-state index in [-0.39, 0.29) is 0 Å². The van der Waals surface area contributed by atoms with Gasteiger partial charge in [0.1, 0.15) is 0 Å². The molecule has 3 aromatic carbocycles. The van der Waals surface area contributed by atoms with Gasteiger partial charge < -0.3 is 4.90 Å². The van der Waals surface area contributed by atoms with E-state index >= 15 is 0 Å². The van der Waals surface area contributed by atoms with Crippen LogP contribution in [0.4, 0.5) is 11.4 Å². The van der Waals surface area contributed by atoms with Gasteiger partial charge in [-0.1, -0.05) is 48.2 Å². The van der Waals surface area contributed by atoms with E-state index in [0.29, 0.717) is 0 Å². The molecule has 0 spiro atoms. The van der Waals surface area contributed by atoms with Gasteiger partial charge in [-0.2, -0.15) is 0 Å². The van der Waals surface area contributed by atoms with Crippen molar-refractivity contribution in [2.75, 3.05) is 11.9 Å². The zero-order valence-corrected chi connectivity index (χ0v) is 11.4. The number of hydrogen-bond donors (Lipinski definition) is 0. The van der Waals surface area contributed by atoms with Crippen molar-refractivity contribution < 1.29 is 0 Å². The lowest BCUT2D eigenvalue weighted by Crippen LogP contribution is -2.14. The Morgan fingerprint density at radius 3 is 2.26 bits per heavy atom. The zero-order valence-electron chi connectivity index (χ0n) is 10.6. The Bertz CT molecular complexity index is 779. The highest BCUT2D eigenvalue weighted by molar-refractivity contribution is 7.99. The fraction of sp³-hybridized carbons (Fsp3) is 0.0588. The van der Waals surface area contributed by atoms with E-state index in [2.05, 4.69) is 72.6 Å². The summed E-state index contributed by atoms with van der Waals surface area (Å²) in [5.74, 6) is 0. The van der Waals surface area contributed by atoms with E-state index < -0.39 is 0 Å². The number of hydrogen-bond acceptors (Lipinski definition) is 2. The summed E-state index contributed by atoms with van der Waals surface area (Å²) in [5, 5.41) is 2.61. The maximum absolute atomic E-state index is 2.29. The van der Waals surface area contributed by atoms with Gasteiger partial charge in [0.25, 0.3) is 0 Å². The number of rotatable bonds is 0. The van der Waals surface area contributed by atoms with E-state index in [1.165, 1.54) is 31.9 Å². The topological polar surface area (TPSA) is 3.24 Å². The molecule has 0 fully saturated rings. The second-order valence-corrected chi connectivity index (χ2v) is 5.88. The molecule has 0 unspecified atom stereocenters. The van der Waals surface area contributed by atoms with Gasteiger partial charge in [-0.25, -0.2) is 0 Å². The first kappa shape index (κ1) is 10.9. The Kier molecular flexibility index (Phi) is 2.32. The summed E-state index contributed by atoms with van der Waals surface area (Å²) in [7, 11) is 2.14. The SMILES string of the molecule is CN1c2ccccc2Sc2cc3ccccc3cc21. The van der Waals surface area contributed by atoms with E-state index in [4.69, 9.17) is 0 Å². The van der Waals surface area contributed by atoms with Crippen molar-refractivity contribution in [3.8, 4) is 0 Å². The number of benzene rings is 3. The quantitative estimate of drug-likeness (QED) is 0.557. The molecule has 0 amide bonds. The van der Waals surface area contributed by atoms with Crippen LogP contribution < -0.4 is 4.90 Å². The van der Waals surface area contributed by atoms with Gasteiger partial charge in [-0.15, -0.1) is 0 Å². The molecule has 1 aliphatic heterocycles. The molecule has 1 heterocycles. The van der Waals surface area contributed by atoms with Crippen LogP contribution in [0, 0.1) is 0 Å². The molecule has 0 bridgehead atoms. The third kappa shape index (κ3) is 1.64. The minimum absolute atomic E-state index is 1.29. The Morgan fingerprint density at radius 1 is 0.737 bits per heavy atom. The lowest BCUT2D eigenvalue weighted by molar-refractivity contribution is 1.12. The monoisotopic (exact) mass is 263 g/mol. The van der Waals surface area contributed by atoms with E-state index in [1.54, 1.807) is 0 Å². The molecule has 0 aromatic heterocycles. The Morgan fingerprint density at radius 2 is 1.42 bits per heavy atom. The molecule has 19 heavy (non-hydrogen) atoms. The van der Waals surface area contributed by atoms with Crippen molar-refractivity contribution in [2.45, 2.75) is 9.79 Å². The van der Waals surface area contributed by atoms with Gasteiger partial charge in [0.15, 0.2) is 0 Å². The van der Waals surface area contributed by atoms with Crippen LogP contribution in [0.25, 0.3) is 10.8 Å². The second-order valence-electron chi connectivity index (χ2n) is 4.80. The molecule has 3 aromatic rings. The van der Waals surface area contributed by atoms with Gasteiger partial charge in [0.2, 0.25) is 0 Å². The number of nitrogens with zero attached hydrogens (tertiary/aromatic N) is 1. The molecular formula is C17H13NS. The van der Waals surface area contributed by atoms with E-state index in [9.17, 15) is 0 Å². The van der Waals surface area contributed by atoms with Crippen molar-refractivity contribution in [3.05, 3.63) is 60.7 Å². The van der Waals surface area contributed by atoms with Crippen molar-refractivity contribution in [3.63, 3.8) is 0 Å². The first-order chi connectivity index (χ1) is 9.33. The van der Waals surface area contributed by atoms with Crippen molar-refractivity contribution in [2.24, 2.45) is 0 Å². The summed E-state index contributed by atoms with van der Waals surface area (Å²) in [6, 6.07) is 21.7. The van der Waals surface area contributed by atoms with Gasteiger partial charge in [0, 0.05) is 16.8 Å². The molecule has 4 rings (SSSR count). The van der Waals surface area contributed by atoms with Crippen LogP contribution in [0.5, 0.6) is 0 Å². The van der Waals surface area contributed by atoms with Crippen molar-refractivity contribution >= 4 is 33.9 Å². The van der Waals surface area contributed by atoms with Crippen LogP contribution in [0.3, 0.4) is 0 Å². The van der Waals surface area contributed by atoms with Crippen LogP contribution in [0.15, 0.2) is 70.5 Å². The Balaban J connectivity index is 1.98. The third-order valence-electron chi connectivity index (χ3n) is 3.64. The summed E-state index contributed by atoms with van der Waals surface area (Å²) in [5.41, 5.74) is 2.58. The molecule has 0 atom stereocenters. The number of para-hydroxylation sites is 1. The zero-order chi connectivity index (χ0) is 12.8. The van der Waals surface area contributed by atoms with Gasteiger partial charge in [0.05, 0.1) is 11.4 Å². The summed E-state index contributed by atoms with van der Waals surface area (Å²) in [4.78, 5) is 4.95. The average Bonchev–Trinajstić information content (AvgIpc) is 2.46. The highest BCUT2D eigenvalue weighted by atomic mass is 32.2. The summed E-state index contributed by atoms with van der Waals surface area (Å²) in [6.45, 7) is 0. The average molecular weight is 263 g/mol. The van der Waals surface area contributed by atoms with Crippen LogP contribution in [-0.4, -0.2) is 7.05 Å². The van der Waals surface area contributed by atoms with Crippen molar-refractivity contribution in [1.82, 2.24) is 0 Å². The second kappa shape index (κ2) is 4.04. The fourth-order valence-electron chi connectivity index (χ4n) is 2.62. The predicted octanol–water partition coefficient (Wildman–Crippen LogP) is 5.07. The van der Waals surface area contributed by atoms with Crippen molar-refractivity contribution in [1.29, 1.82) is 0 Å². The van der Waals surface area contributed by atoms with E-state index in [0.717, 1.165) is 0 Å². The highest BCUT2D eigenvalue weighted by Crippen LogP contribution is 2.48. The predicted molar refractivity (Wildman–Crippen MR) is 82.6 cm³/mol. The van der Waals surface area contributed by atoms with Crippen LogP contribution >= 0.6 is 11.8 Å². The van der Waals surface area contributed by atoms with E-state index in [1.807, 2.05) is 11.8 Å². The molecule has 92 valence electrons. The summed E-state index contributed by atoms with van der Waals surface area (Å²) >= 11 is 1.86. The lowest BCUT2D eigenvalue weighted by Gasteiger charge is -2.29. The molecule has 1 aliphatic rings. The smallest absolute Gasteiger partial charge is 0.0556 e. The van der Waals surface area contributed by atoms with Gasteiger partial charge in [-0.05, 0) is 35.0 Å². The minimum Gasteiger partial charge on any atom is -0.343 e. The maximum Gasteiger partial charge on any atom is 0.0556 e. The number of fused-ring (bicyclic) bond motifs is 3. The minimum atomic E-state index is 1.29. The first-order valence-electron chi connectivity index (χ1n) is 6.36. The molecular weight excluding hydrogens is 250 g/mol. The largest absolute Gasteiger partial charge is 0.343 e. The van der Waals surface area contributed by atoms with Gasteiger partial charge in [-0.3, -0.25) is 0 Å². The van der Waals surface area contributed by atoms with Gasteiger partial charge >= 0.3 is 0 Å². The normalized spacial score (nSPS) is 13.2. The molecule has 0 saturated carbocycles.